The Morgan fingerprint density at radius 1 is 1.27 bits per heavy atom. The SMILES string of the molecule is CCC1CC(C(=O)NCc2ccc(-c3ccnc(Nc4cnn(C)c4)n3)cc2C)C1. The molecule has 3 aromatic rings. The Kier molecular flexibility index (Phi) is 5.79. The quantitative estimate of drug-likeness (QED) is 0.622. The van der Waals surface area contributed by atoms with Crippen molar-refractivity contribution in [3.8, 4) is 11.3 Å². The van der Waals surface area contributed by atoms with E-state index in [1.54, 1.807) is 17.1 Å². The Morgan fingerprint density at radius 3 is 2.80 bits per heavy atom. The first-order valence-electron chi connectivity index (χ1n) is 10.5. The summed E-state index contributed by atoms with van der Waals surface area (Å²) in [5, 5.41) is 10.4. The molecule has 1 aromatic carbocycles. The second-order valence-corrected chi connectivity index (χ2v) is 8.09. The third-order valence-corrected chi connectivity index (χ3v) is 5.89. The number of carbonyl (C=O) groups is 1. The highest BCUT2D eigenvalue weighted by Gasteiger charge is 2.32. The number of aryl methyl sites for hydroxylation is 2. The fourth-order valence-electron chi connectivity index (χ4n) is 3.86. The van der Waals surface area contributed by atoms with E-state index in [1.807, 2.05) is 25.4 Å². The van der Waals surface area contributed by atoms with Crippen LogP contribution in [0.1, 0.15) is 37.3 Å². The zero-order chi connectivity index (χ0) is 21.1. The van der Waals surface area contributed by atoms with Crippen molar-refractivity contribution in [2.24, 2.45) is 18.9 Å². The Morgan fingerprint density at radius 2 is 2.10 bits per heavy atom. The van der Waals surface area contributed by atoms with Crippen LogP contribution in [0.25, 0.3) is 11.3 Å². The van der Waals surface area contributed by atoms with E-state index in [0.29, 0.717) is 12.5 Å². The van der Waals surface area contributed by atoms with Gasteiger partial charge in [-0.3, -0.25) is 9.48 Å². The Balaban J connectivity index is 1.40. The first kappa shape index (κ1) is 20.1. The first-order valence-corrected chi connectivity index (χ1v) is 10.5. The minimum Gasteiger partial charge on any atom is -0.352 e. The molecule has 156 valence electrons. The number of carbonyl (C=O) groups excluding carboxylic acids is 1. The van der Waals surface area contributed by atoms with Crippen LogP contribution in [-0.4, -0.2) is 25.7 Å². The third kappa shape index (κ3) is 4.50. The van der Waals surface area contributed by atoms with Gasteiger partial charge in [-0.2, -0.15) is 5.10 Å². The molecule has 1 fully saturated rings. The van der Waals surface area contributed by atoms with Gasteiger partial charge in [0, 0.05) is 37.5 Å². The molecule has 2 heterocycles. The first-order chi connectivity index (χ1) is 14.5. The second-order valence-electron chi connectivity index (χ2n) is 8.09. The van der Waals surface area contributed by atoms with Crippen LogP contribution in [0.2, 0.25) is 0 Å². The summed E-state index contributed by atoms with van der Waals surface area (Å²) in [7, 11) is 1.86. The van der Waals surface area contributed by atoms with Crippen LogP contribution in [-0.2, 0) is 18.4 Å². The number of hydrogen-bond acceptors (Lipinski definition) is 5. The fraction of sp³-hybridized carbons (Fsp3) is 0.391. The summed E-state index contributed by atoms with van der Waals surface area (Å²) < 4.78 is 1.72. The van der Waals surface area contributed by atoms with Crippen molar-refractivity contribution in [1.29, 1.82) is 0 Å². The largest absolute Gasteiger partial charge is 0.352 e. The van der Waals surface area contributed by atoms with Crippen LogP contribution in [0, 0.1) is 18.8 Å². The molecule has 1 aliphatic carbocycles. The average molecular weight is 405 g/mol. The molecule has 4 rings (SSSR count). The van der Waals surface area contributed by atoms with Crippen LogP contribution in [0.4, 0.5) is 11.6 Å². The standard InChI is InChI=1S/C23H28N6O/c1-4-16-10-19(11-16)22(30)25-12-18-6-5-17(9-15(18)2)21-7-8-24-23(28-21)27-20-13-26-29(3)14-20/h5-9,13-14,16,19H,4,10-12H2,1-3H3,(H,25,30)(H,24,27,28). The zero-order valence-corrected chi connectivity index (χ0v) is 17.7. The highest BCUT2D eigenvalue weighted by molar-refractivity contribution is 5.79. The molecule has 1 saturated carbocycles. The van der Waals surface area contributed by atoms with Gasteiger partial charge in [0.25, 0.3) is 0 Å². The van der Waals surface area contributed by atoms with Gasteiger partial charge >= 0.3 is 0 Å². The summed E-state index contributed by atoms with van der Waals surface area (Å²) in [6, 6.07) is 8.11. The molecular formula is C23H28N6O. The Bertz CT molecular complexity index is 1040. The van der Waals surface area contributed by atoms with E-state index < -0.39 is 0 Å². The number of benzene rings is 1. The monoisotopic (exact) mass is 404 g/mol. The topological polar surface area (TPSA) is 84.7 Å². The van der Waals surface area contributed by atoms with Crippen molar-refractivity contribution in [2.45, 2.75) is 39.7 Å². The Hall–Kier alpha value is -3.22. The molecule has 7 heteroatoms. The number of amides is 1. The van der Waals surface area contributed by atoms with Crippen LogP contribution in [0.15, 0.2) is 42.9 Å². The molecule has 0 bridgehead atoms. The lowest BCUT2D eigenvalue weighted by atomic mass is 9.73. The van der Waals surface area contributed by atoms with Crippen molar-refractivity contribution in [2.75, 3.05) is 5.32 Å². The minimum absolute atomic E-state index is 0.185. The van der Waals surface area contributed by atoms with Gasteiger partial charge < -0.3 is 10.6 Å². The predicted octanol–water partition coefficient (Wildman–Crippen LogP) is 3.98. The van der Waals surface area contributed by atoms with E-state index in [2.05, 4.69) is 51.7 Å². The number of hydrogen-bond donors (Lipinski definition) is 2. The summed E-state index contributed by atoms with van der Waals surface area (Å²) in [6.45, 7) is 4.83. The average Bonchev–Trinajstić information content (AvgIpc) is 3.11. The van der Waals surface area contributed by atoms with Crippen LogP contribution < -0.4 is 10.6 Å². The van der Waals surface area contributed by atoms with Gasteiger partial charge in [-0.05, 0) is 48.9 Å². The highest BCUT2D eigenvalue weighted by Crippen LogP contribution is 2.35. The molecule has 1 aliphatic rings. The van der Waals surface area contributed by atoms with Gasteiger partial charge in [0.15, 0.2) is 0 Å². The molecule has 7 nitrogen and oxygen atoms in total. The maximum absolute atomic E-state index is 12.3. The van der Waals surface area contributed by atoms with Crippen molar-refractivity contribution in [1.82, 2.24) is 25.1 Å². The lowest BCUT2D eigenvalue weighted by Gasteiger charge is -2.33. The van der Waals surface area contributed by atoms with Crippen molar-refractivity contribution in [3.05, 3.63) is 54.0 Å². The zero-order valence-electron chi connectivity index (χ0n) is 17.7. The van der Waals surface area contributed by atoms with E-state index in [9.17, 15) is 4.79 Å². The summed E-state index contributed by atoms with van der Waals surface area (Å²) in [5.41, 5.74) is 4.96. The van der Waals surface area contributed by atoms with Crippen molar-refractivity contribution < 1.29 is 4.79 Å². The van der Waals surface area contributed by atoms with E-state index in [4.69, 9.17) is 0 Å². The van der Waals surface area contributed by atoms with Gasteiger partial charge in [-0.1, -0.05) is 25.5 Å². The van der Waals surface area contributed by atoms with Gasteiger partial charge in [-0.15, -0.1) is 0 Å². The van der Waals surface area contributed by atoms with Crippen LogP contribution in [0.5, 0.6) is 0 Å². The minimum atomic E-state index is 0.185. The van der Waals surface area contributed by atoms with Gasteiger partial charge in [-0.25, -0.2) is 9.97 Å². The Labute approximate surface area is 176 Å². The number of rotatable bonds is 7. The molecule has 0 unspecified atom stereocenters. The van der Waals surface area contributed by atoms with Gasteiger partial charge in [0.1, 0.15) is 0 Å². The van der Waals surface area contributed by atoms with E-state index in [-0.39, 0.29) is 11.8 Å². The smallest absolute Gasteiger partial charge is 0.227 e. The normalized spacial score (nSPS) is 18.0. The van der Waals surface area contributed by atoms with E-state index in [1.165, 1.54) is 6.42 Å². The van der Waals surface area contributed by atoms with E-state index in [0.717, 1.165) is 46.8 Å². The van der Waals surface area contributed by atoms with Gasteiger partial charge in [0.2, 0.25) is 11.9 Å². The molecule has 2 N–H and O–H groups in total. The predicted molar refractivity (Wildman–Crippen MR) is 117 cm³/mol. The van der Waals surface area contributed by atoms with Crippen molar-refractivity contribution in [3.63, 3.8) is 0 Å². The number of anilines is 2. The van der Waals surface area contributed by atoms with E-state index >= 15 is 0 Å². The number of aromatic nitrogens is 4. The fourth-order valence-corrected chi connectivity index (χ4v) is 3.86. The second kappa shape index (κ2) is 8.65. The molecule has 0 radical (unpaired) electrons. The molecule has 1 amide bonds. The summed E-state index contributed by atoms with van der Waals surface area (Å²) >= 11 is 0. The van der Waals surface area contributed by atoms with Crippen LogP contribution in [0.3, 0.4) is 0 Å². The molecule has 0 aliphatic heterocycles. The van der Waals surface area contributed by atoms with Crippen molar-refractivity contribution >= 4 is 17.5 Å². The number of nitrogens with one attached hydrogen (secondary N) is 2. The maximum Gasteiger partial charge on any atom is 0.227 e. The van der Waals surface area contributed by atoms with Gasteiger partial charge in [0.05, 0.1) is 17.6 Å². The number of nitrogens with zero attached hydrogens (tertiary/aromatic N) is 4. The third-order valence-electron chi connectivity index (χ3n) is 5.89. The molecule has 0 spiro atoms. The molecule has 2 aromatic heterocycles. The molecule has 30 heavy (non-hydrogen) atoms. The molecular weight excluding hydrogens is 376 g/mol. The summed E-state index contributed by atoms with van der Waals surface area (Å²) in [5.74, 6) is 1.64. The summed E-state index contributed by atoms with van der Waals surface area (Å²) in [4.78, 5) is 21.2. The lowest BCUT2D eigenvalue weighted by Crippen LogP contribution is -2.38. The maximum atomic E-state index is 12.3. The summed E-state index contributed by atoms with van der Waals surface area (Å²) in [6.07, 6.45) is 8.58. The molecule has 0 atom stereocenters. The lowest BCUT2D eigenvalue weighted by molar-refractivity contribution is -0.129. The van der Waals surface area contributed by atoms with Crippen LogP contribution >= 0.6 is 0 Å². The molecule has 0 saturated heterocycles. The highest BCUT2D eigenvalue weighted by atomic mass is 16.1.